The smallest absolute Gasteiger partial charge is 0.315 e. The molecule has 0 amide bonds. The van der Waals surface area contributed by atoms with Crippen LogP contribution >= 0.6 is 0 Å². The van der Waals surface area contributed by atoms with Crippen LogP contribution in [-0.2, 0) is 19.1 Å². The van der Waals surface area contributed by atoms with E-state index >= 15 is 0 Å². The van der Waals surface area contributed by atoms with E-state index in [1.165, 1.54) is 0 Å². The molecule has 0 aromatic heterocycles. The van der Waals surface area contributed by atoms with Gasteiger partial charge in [-0.2, -0.15) is 0 Å². The summed E-state index contributed by atoms with van der Waals surface area (Å²) < 4.78 is 10.9. The Labute approximate surface area is 165 Å². The number of esters is 1. The number of aliphatic imine (C=N–C) groups is 1. The number of ether oxygens (including phenoxy) is 2. The third kappa shape index (κ3) is 4.33. The van der Waals surface area contributed by atoms with Crippen molar-refractivity contribution in [2.24, 2.45) is 10.9 Å². The van der Waals surface area contributed by atoms with Crippen molar-refractivity contribution < 1.29 is 24.2 Å². The van der Waals surface area contributed by atoms with Crippen molar-refractivity contribution in [2.75, 3.05) is 13.2 Å². The minimum atomic E-state index is -0.693. The second-order valence-electron chi connectivity index (χ2n) is 7.53. The number of rotatable bonds is 6. The average Bonchev–Trinajstić information content (AvgIpc) is 2.64. The molecule has 1 N–H and O–H groups in total. The van der Waals surface area contributed by atoms with E-state index < -0.39 is 17.8 Å². The molecule has 0 saturated carbocycles. The summed E-state index contributed by atoms with van der Waals surface area (Å²) in [6.07, 6.45) is 2.00. The van der Waals surface area contributed by atoms with Crippen LogP contribution in [0.25, 0.3) is 0 Å². The number of carbonyl (C=O) groups is 2. The highest BCUT2D eigenvalue weighted by molar-refractivity contribution is 6.08. The van der Waals surface area contributed by atoms with Crippen LogP contribution in [0.2, 0.25) is 0 Å². The zero-order chi connectivity index (χ0) is 20.3. The number of carbonyl (C=O) groups excluding carboxylic acids is 2. The minimum Gasteiger partial charge on any atom is -0.508 e. The van der Waals surface area contributed by atoms with Gasteiger partial charge in [-0.15, -0.1) is 0 Å². The summed E-state index contributed by atoms with van der Waals surface area (Å²) in [6.45, 7) is 6.10. The van der Waals surface area contributed by atoms with Crippen molar-refractivity contribution in [2.45, 2.75) is 52.1 Å². The van der Waals surface area contributed by atoms with Gasteiger partial charge in [-0.25, -0.2) is 0 Å². The van der Waals surface area contributed by atoms with Gasteiger partial charge in [0.1, 0.15) is 18.3 Å². The summed E-state index contributed by atoms with van der Waals surface area (Å²) in [6, 6.07) is 6.73. The molecule has 1 aromatic rings. The highest BCUT2D eigenvalue weighted by Crippen LogP contribution is 2.44. The van der Waals surface area contributed by atoms with Gasteiger partial charge < -0.3 is 14.6 Å². The molecule has 150 valence electrons. The van der Waals surface area contributed by atoms with Crippen LogP contribution in [0.15, 0.2) is 40.5 Å². The zero-order valence-corrected chi connectivity index (χ0v) is 16.6. The van der Waals surface area contributed by atoms with E-state index in [2.05, 4.69) is 4.99 Å². The molecule has 2 atom stereocenters. The Morgan fingerprint density at radius 2 is 2.07 bits per heavy atom. The fraction of sp³-hybridized carbons (Fsp3) is 0.500. The Balaban J connectivity index is 1.93. The Morgan fingerprint density at radius 3 is 2.79 bits per heavy atom. The summed E-state index contributed by atoms with van der Waals surface area (Å²) in [5.41, 5.74) is 2.70. The van der Waals surface area contributed by atoms with Gasteiger partial charge in [-0.1, -0.05) is 12.1 Å². The molecule has 0 radical (unpaired) electrons. The van der Waals surface area contributed by atoms with Crippen molar-refractivity contribution in [1.29, 1.82) is 0 Å². The molecule has 6 nitrogen and oxygen atoms in total. The van der Waals surface area contributed by atoms with Gasteiger partial charge in [0.05, 0.1) is 12.7 Å². The van der Waals surface area contributed by atoms with Gasteiger partial charge in [0.15, 0.2) is 5.78 Å². The normalized spacial score (nSPS) is 22.1. The number of benzene rings is 1. The molecule has 28 heavy (non-hydrogen) atoms. The van der Waals surface area contributed by atoms with E-state index in [0.29, 0.717) is 24.3 Å². The molecule has 0 bridgehead atoms. The van der Waals surface area contributed by atoms with Gasteiger partial charge in [0.25, 0.3) is 0 Å². The molecule has 0 fully saturated rings. The standard InChI is InChI=1S/C22H27NO5/c1-13(2)27-10-11-28-22(26)19-14(3)23-17-8-5-9-18(25)21(17)20(19)15-6-4-7-16(24)12-15/h4,6-7,12-13,19-20,24H,5,8-11H2,1-3H3/t19?,20-/m1/s1. The first-order valence-corrected chi connectivity index (χ1v) is 9.77. The SMILES string of the molecule is CC1=NC2=C(C(=O)CCC2)[C@H](c2cccc(O)c2)C1C(=O)OCCOC(C)C. The first-order chi connectivity index (χ1) is 13.4. The Kier molecular flexibility index (Phi) is 6.29. The van der Waals surface area contributed by atoms with Gasteiger partial charge >= 0.3 is 5.97 Å². The fourth-order valence-corrected chi connectivity index (χ4v) is 3.91. The Bertz CT molecular complexity index is 824. The molecule has 3 rings (SSSR count). The van der Waals surface area contributed by atoms with Crippen molar-refractivity contribution >= 4 is 17.5 Å². The molecule has 1 aliphatic carbocycles. The number of ketones is 1. The van der Waals surface area contributed by atoms with E-state index in [1.807, 2.05) is 19.9 Å². The molecule has 1 heterocycles. The number of allylic oxidation sites excluding steroid dienone is 2. The maximum Gasteiger partial charge on any atom is 0.315 e. The molecule has 0 saturated heterocycles. The summed E-state index contributed by atoms with van der Waals surface area (Å²) in [4.78, 5) is 30.3. The zero-order valence-electron chi connectivity index (χ0n) is 16.6. The van der Waals surface area contributed by atoms with Crippen molar-refractivity contribution in [3.63, 3.8) is 0 Å². The van der Waals surface area contributed by atoms with E-state index in [1.54, 1.807) is 25.1 Å². The first-order valence-electron chi connectivity index (χ1n) is 9.77. The molecular weight excluding hydrogens is 358 g/mol. The fourth-order valence-electron chi connectivity index (χ4n) is 3.91. The predicted octanol–water partition coefficient (Wildman–Crippen LogP) is 3.54. The highest BCUT2D eigenvalue weighted by Gasteiger charge is 2.43. The van der Waals surface area contributed by atoms with Gasteiger partial charge in [0.2, 0.25) is 0 Å². The van der Waals surface area contributed by atoms with E-state index in [-0.39, 0.29) is 24.2 Å². The molecule has 2 aliphatic rings. The lowest BCUT2D eigenvalue weighted by Gasteiger charge is -2.34. The van der Waals surface area contributed by atoms with Gasteiger partial charge in [-0.05, 0) is 51.3 Å². The Morgan fingerprint density at radius 1 is 1.29 bits per heavy atom. The summed E-state index contributed by atoms with van der Waals surface area (Å²) in [7, 11) is 0. The van der Waals surface area contributed by atoms with Crippen LogP contribution in [0.3, 0.4) is 0 Å². The van der Waals surface area contributed by atoms with Crippen LogP contribution in [0, 0.1) is 5.92 Å². The number of phenolic OH excluding ortho intramolecular Hbond substituents is 1. The molecular formula is C22H27NO5. The average molecular weight is 385 g/mol. The molecule has 1 aliphatic heterocycles. The van der Waals surface area contributed by atoms with Crippen molar-refractivity contribution in [1.82, 2.24) is 0 Å². The van der Waals surface area contributed by atoms with Crippen LogP contribution in [-0.4, -0.2) is 41.9 Å². The van der Waals surface area contributed by atoms with Gasteiger partial charge in [-0.3, -0.25) is 14.6 Å². The van der Waals surface area contributed by atoms with E-state index in [0.717, 1.165) is 24.1 Å². The maximum atomic E-state index is 12.9. The maximum absolute atomic E-state index is 12.9. The topological polar surface area (TPSA) is 85.2 Å². The molecule has 1 aromatic carbocycles. The van der Waals surface area contributed by atoms with Crippen molar-refractivity contribution in [3.05, 3.63) is 41.1 Å². The second kappa shape index (κ2) is 8.69. The number of phenols is 1. The van der Waals surface area contributed by atoms with Crippen LogP contribution in [0.5, 0.6) is 5.75 Å². The van der Waals surface area contributed by atoms with E-state index in [9.17, 15) is 14.7 Å². The number of nitrogens with zero attached hydrogens (tertiary/aromatic N) is 1. The second-order valence-corrected chi connectivity index (χ2v) is 7.53. The predicted molar refractivity (Wildman–Crippen MR) is 105 cm³/mol. The highest BCUT2D eigenvalue weighted by atomic mass is 16.6. The Hall–Kier alpha value is -2.47. The number of hydrogen-bond acceptors (Lipinski definition) is 6. The van der Waals surface area contributed by atoms with E-state index in [4.69, 9.17) is 9.47 Å². The summed E-state index contributed by atoms with van der Waals surface area (Å²) in [5, 5.41) is 9.96. The summed E-state index contributed by atoms with van der Waals surface area (Å²) >= 11 is 0. The number of hydrogen-bond donors (Lipinski definition) is 1. The monoisotopic (exact) mass is 385 g/mol. The van der Waals surface area contributed by atoms with Gasteiger partial charge in [0, 0.05) is 29.3 Å². The first kappa shape index (κ1) is 20.3. The van der Waals surface area contributed by atoms with Crippen LogP contribution < -0.4 is 0 Å². The third-order valence-electron chi connectivity index (χ3n) is 5.10. The lowest BCUT2D eigenvalue weighted by Crippen LogP contribution is -2.37. The largest absolute Gasteiger partial charge is 0.508 e. The number of aromatic hydroxyl groups is 1. The third-order valence-corrected chi connectivity index (χ3v) is 5.10. The number of Topliss-reactive ketones (excluding diaryl/α,β-unsaturated/α-hetero) is 1. The lowest BCUT2D eigenvalue weighted by atomic mass is 9.72. The lowest BCUT2D eigenvalue weighted by molar-refractivity contribution is -0.148. The molecule has 6 heteroatoms. The quantitative estimate of drug-likeness (QED) is 0.598. The molecule has 0 spiro atoms. The minimum absolute atomic E-state index is 0.0202. The van der Waals surface area contributed by atoms with Crippen molar-refractivity contribution in [3.8, 4) is 5.75 Å². The van der Waals surface area contributed by atoms with Crippen LogP contribution in [0.4, 0.5) is 0 Å². The van der Waals surface area contributed by atoms with Crippen LogP contribution in [0.1, 0.15) is 51.5 Å². The molecule has 1 unspecified atom stereocenters. The summed E-state index contributed by atoms with van der Waals surface area (Å²) in [5.74, 6) is -1.49.